The summed E-state index contributed by atoms with van der Waals surface area (Å²) in [5.41, 5.74) is 1.22. The van der Waals surface area contributed by atoms with Gasteiger partial charge in [0.05, 0.1) is 0 Å². The van der Waals surface area contributed by atoms with Crippen LogP contribution in [0.2, 0.25) is 0 Å². The zero-order chi connectivity index (χ0) is 13.2. The summed E-state index contributed by atoms with van der Waals surface area (Å²) >= 11 is 0. The fraction of sp³-hybridized carbons (Fsp3) is 0.700. The van der Waals surface area contributed by atoms with Crippen molar-refractivity contribution in [2.24, 2.45) is 5.84 Å². The van der Waals surface area contributed by atoms with Crippen molar-refractivity contribution in [3.8, 4) is 0 Å². The van der Waals surface area contributed by atoms with Crippen LogP contribution in [0.3, 0.4) is 0 Å². The van der Waals surface area contributed by atoms with Gasteiger partial charge >= 0.3 is 6.09 Å². The van der Waals surface area contributed by atoms with Gasteiger partial charge in [0.2, 0.25) is 5.91 Å². The number of hydrazine groups is 1. The Kier molecular flexibility index (Phi) is 3.72. The van der Waals surface area contributed by atoms with Crippen LogP contribution in [0.15, 0.2) is 0 Å². The molecule has 0 aromatic rings. The van der Waals surface area contributed by atoms with E-state index in [9.17, 15) is 14.4 Å². The monoisotopic (exact) mass is 243 g/mol. The van der Waals surface area contributed by atoms with Crippen LogP contribution in [-0.4, -0.2) is 34.5 Å². The summed E-state index contributed by atoms with van der Waals surface area (Å²) in [6, 6.07) is -0.873. The molecule has 1 aliphatic rings. The molecule has 3 N–H and O–H groups in total. The molecule has 1 heterocycles. The lowest BCUT2D eigenvalue weighted by atomic mass is 10.2. The van der Waals surface area contributed by atoms with E-state index in [1.807, 2.05) is 5.43 Å². The highest BCUT2D eigenvalue weighted by atomic mass is 16.6. The van der Waals surface area contributed by atoms with Crippen LogP contribution in [0, 0.1) is 0 Å². The number of nitrogens with zero attached hydrogens (tertiary/aromatic N) is 1. The molecule has 1 aliphatic heterocycles. The summed E-state index contributed by atoms with van der Waals surface area (Å²) in [6.45, 7) is 5.05. The van der Waals surface area contributed by atoms with E-state index in [0.717, 1.165) is 4.90 Å². The molecule has 0 aliphatic carbocycles. The lowest BCUT2D eigenvalue weighted by Crippen LogP contribution is -2.50. The highest BCUT2D eigenvalue weighted by Crippen LogP contribution is 2.21. The average molecular weight is 243 g/mol. The Hall–Kier alpha value is -1.63. The second kappa shape index (κ2) is 4.70. The molecule has 0 bridgehead atoms. The van der Waals surface area contributed by atoms with E-state index in [1.54, 1.807) is 20.8 Å². The molecule has 0 saturated carbocycles. The van der Waals surface area contributed by atoms with Crippen LogP contribution in [0.5, 0.6) is 0 Å². The maximum Gasteiger partial charge on any atom is 0.417 e. The number of likely N-dealkylation sites (tertiary alicyclic amines) is 1. The molecule has 1 unspecified atom stereocenters. The quantitative estimate of drug-likeness (QED) is 0.380. The van der Waals surface area contributed by atoms with Crippen molar-refractivity contribution < 1.29 is 19.1 Å². The van der Waals surface area contributed by atoms with Crippen LogP contribution in [0.25, 0.3) is 0 Å². The van der Waals surface area contributed by atoms with Gasteiger partial charge in [0.25, 0.3) is 5.91 Å². The van der Waals surface area contributed by atoms with Crippen LogP contribution in [0.4, 0.5) is 4.79 Å². The second-order valence-corrected chi connectivity index (χ2v) is 4.81. The molecule has 3 amide bonds. The SMILES string of the molecule is CC(C)(C)OC(=O)N1C(=O)CCC1C(=O)NN. The highest BCUT2D eigenvalue weighted by Gasteiger charge is 2.42. The van der Waals surface area contributed by atoms with E-state index < -0.39 is 29.6 Å². The molecule has 1 fully saturated rings. The molecule has 1 rings (SSSR count). The summed E-state index contributed by atoms with van der Waals surface area (Å²) in [7, 11) is 0. The average Bonchev–Trinajstić information content (AvgIpc) is 2.56. The Bertz CT molecular complexity index is 348. The number of hydrogen-bond donors (Lipinski definition) is 2. The summed E-state index contributed by atoms with van der Waals surface area (Å²) in [5.74, 6) is 4.01. The first-order valence-corrected chi connectivity index (χ1v) is 5.32. The normalized spacial score (nSPS) is 20.4. The zero-order valence-electron chi connectivity index (χ0n) is 10.1. The Morgan fingerprint density at radius 3 is 2.53 bits per heavy atom. The van der Waals surface area contributed by atoms with Gasteiger partial charge in [0.15, 0.2) is 0 Å². The fourth-order valence-corrected chi connectivity index (χ4v) is 1.57. The van der Waals surface area contributed by atoms with E-state index >= 15 is 0 Å². The first kappa shape index (κ1) is 13.4. The molecule has 0 radical (unpaired) electrons. The van der Waals surface area contributed by atoms with Crippen molar-refractivity contribution in [1.82, 2.24) is 10.3 Å². The molecule has 7 heteroatoms. The Morgan fingerprint density at radius 2 is 2.06 bits per heavy atom. The minimum atomic E-state index is -0.873. The second-order valence-electron chi connectivity index (χ2n) is 4.81. The lowest BCUT2D eigenvalue weighted by molar-refractivity contribution is -0.134. The lowest BCUT2D eigenvalue weighted by Gasteiger charge is -2.26. The van der Waals surface area contributed by atoms with Crippen LogP contribution in [-0.2, 0) is 14.3 Å². The van der Waals surface area contributed by atoms with Gasteiger partial charge < -0.3 is 4.74 Å². The van der Waals surface area contributed by atoms with Crippen molar-refractivity contribution in [2.45, 2.75) is 45.3 Å². The van der Waals surface area contributed by atoms with E-state index in [4.69, 9.17) is 10.6 Å². The third-order valence-electron chi connectivity index (χ3n) is 2.25. The van der Waals surface area contributed by atoms with E-state index in [2.05, 4.69) is 0 Å². The summed E-state index contributed by atoms with van der Waals surface area (Å²) in [4.78, 5) is 35.5. The number of hydrogen-bond acceptors (Lipinski definition) is 5. The third kappa shape index (κ3) is 3.16. The molecule has 96 valence electrons. The predicted octanol–water partition coefficient (Wildman–Crippen LogP) is -0.0976. The number of carbonyl (C=O) groups is 3. The van der Waals surface area contributed by atoms with Crippen LogP contribution >= 0.6 is 0 Å². The van der Waals surface area contributed by atoms with Gasteiger partial charge in [0, 0.05) is 6.42 Å². The Labute approximate surface area is 99.2 Å². The smallest absolute Gasteiger partial charge is 0.417 e. The molecule has 0 aromatic carbocycles. The van der Waals surface area contributed by atoms with Gasteiger partial charge in [-0.15, -0.1) is 0 Å². The number of ether oxygens (including phenoxy) is 1. The molecular weight excluding hydrogens is 226 g/mol. The first-order chi connectivity index (χ1) is 7.76. The van der Waals surface area contributed by atoms with Crippen LogP contribution < -0.4 is 11.3 Å². The number of amides is 3. The molecule has 1 atom stereocenters. The summed E-state index contributed by atoms with van der Waals surface area (Å²) < 4.78 is 5.06. The summed E-state index contributed by atoms with van der Waals surface area (Å²) in [6.07, 6.45) is -0.410. The van der Waals surface area contributed by atoms with E-state index in [0.29, 0.717) is 0 Å². The molecule has 17 heavy (non-hydrogen) atoms. The number of nitrogens with two attached hydrogens (primary N) is 1. The van der Waals surface area contributed by atoms with Gasteiger partial charge in [-0.05, 0) is 27.2 Å². The van der Waals surface area contributed by atoms with E-state index in [-0.39, 0.29) is 12.8 Å². The Morgan fingerprint density at radius 1 is 1.47 bits per heavy atom. The largest absolute Gasteiger partial charge is 0.443 e. The van der Waals surface area contributed by atoms with Crippen molar-refractivity contribution in [3.05, 3.63) is 0 Å². The van der Waals surface area contributed by atoms with Gasteiger partial charge in [-0.2, -0.15) is 0 Å². The van der Waals surface area contributed by atoms with Gasteiger partial charge in [-0.1, -0.05) is 0 Å². The predicted molar refractivity (Wildman–Crippen MR) is 58.4 cm³/mol. The molecule has 0 aromatic heterocycles. The summed E-state index contributed by atoms with van der Waals surface area (Å²) in [5, 5.41) is 0. The minimum Gasteiger partial charge on any atom is -0.443 e. The Balaban J connectivity index is 2.81. The highest BCUT2D eigenvalue weighted by molar-refractivity contribution is 6.00. The maximum atomic E-state index is 11.8. The van der Waals surface area contributed by atoms with Crippen LogP contribution in [0.1, 0.15) is 33.6 Å². The number of carbonyl (C=O) groups excluding carboxylic acids is 3. The van der Waals surface area contributed by atoms with Gasteiger partial charge in [-0.25, -0.2) is 15.5 Å². The van der Waals surface area contributed by atoms with Gasteiger partial charge in [0.1, 0.15) is 11.6 Å². The van der Waals surface area contributed by atoms with Gasteiger partial charge in [-0.3, -0.25) is 15.0 Å². The number of rotatable bonds is 1. The first-order valence-electron chi connectivity index (χ1n) is 5.32. The maximum absolute atomic E-state index is 11.8. The van der Waals surface area contributed by atoms with Crippen molar-refractivity contribution in [1.29, 1.82) is 0 Å². The van der Waals surface area contributed by atoms with Crippen molar-refractivity contribution in [2.75, 3.05) is 0 Å². The van der Waals surface area contributed by atoms with Crippen molar-refractivity contribution in [3.63, 3.8) is 0 Å². The molecule has 0 spiro atoms. The fourth-order valence-electron chi connectivity index (χ4n) is 1.57. The molecular formula is C10H17N3O4. The van der Waals surface area contributed by atoms with Crippen molar-refractivity contribution >= 4 is 17.9 Å². The third-order valence-corrected chi connectivity index (χ3v) is 2.25. The molecule has 7 nitrogen and oxygen atoms in total. The number of nitrogens with one attached hydrogen (secondary N) is 1. The zero-order valence-corrected chi connectivity index (χ0v) is 10.1. The number of imide groups is 1. The minimum absolute atomic E-state index is 0.136. The standard InChI is InChI=1S/C10H17N3O4/c1-10(2,3)17-9(16)13-6(8(15)12-11)4-5-7(13)14/h6H,4-5,11H2,1-3H3,(H,12,15). The van der Waals surface area contributed by atoms with E-state index in [1.165, 1.54) is 0 Å². The molecule has 1 saturated heterocycles. The topological polar surface area (TPSA) is 102 Å².